The minimum Gasteiger partial charge on any atom is -0.493 e. The third-order valence-electron chi connectivity index (χ3n) is 5.47. The van der Waals surface area contributed by atoms with Gasteiger partial charge in [0.05, 0.1) is 27.2 Å². The van der Waals surface area contributed by atoms with Crippen molar-refractivity contribution in [2.45, 2.75) is 46.0 Å². The van der Waals surface area contributed by atoms with Gasteiger partial charge in [0.2, 0.25) is 0 Å². The number of likely N-dealkylation sites (N-methyl/N-ethyl adjacent to an activating group) is 1. The Balaban J connectivity index is 1.65. The van der Waals surface area contributed by atoms with E-state index < -0.39 is 0 Å². The third kappa shape index (κ3) is 7.67. The van der Waals surface area contributed by atoms with Crippen molar-refractivity contribution >= 4 is 17.7 Å². The lowest BCUT2D eigenvalue weighted by Crippen LogP contribution is -2.50. The second kappa shape index (κ2) is 11.1. The smallest absolute Gasteiger partial charge is 0.277 e. The van der Waals surface area contributed by atoms with Gasteiger partial charge >= 0.3 is 0 Å². The standard InChI is InChI=1S/C23H39N2O2S/c1-19(2)21-10-9-20(3)22(17-21)27-14-8-6-7-13-25(4,5)18-23(26)24-11-15-28-16-12-24/h9-10,17,19H,6-8,11-16,18H2,1-5H3/q+1. The molecular weight excluding hydrogens is 368 g/mol. The number of hydrogen-bond donors (Lipinski definition) is 0. The van der Waals surface area contributed by atoms with Crippen molar-refractivity contribution in [3.63, 3.8) is 0 Å². The van der Waals surface area contributed by atoms with Gasteiger partial charge in [-0.25, -0.2) is 0 Å². The van der Waals surface area contributed by atoms with Gasteiger partial charge in [-0.3, -0.25) is 4.79 Å². The van der Waals surface area contributed by atoms with Crippen LogP contribution in [0.2, 0.25) is 0 Å². The van der Waals surface area contributed by atoms with Gasteiger partial charge in [-0.05, 0) is 49.3 Å². The molecule has 1 aromatic rings. The lowest BCUT2D eigenvalue weighted by atomic mass is 10.0. The van der Waals surface area contributed by atoms with Crippen LogP contribution in [0.3, 0.4) is 0 Å². The molecule has 2 rings (SSSR count). The number of quaternary nitrogens is 1. The molecule has 1 fully saturated rings. The Bertz CT molecular complexity index is 625. The van der Waals surface area contributed by atoms with Crippen LogP contribution in [0, 0.1) is 6.92 Å². The fourth-order valence-corrected chi connectivity index (χ4v) is 4.39. The predicted molar refractivity (Wildman–Crippen MR) is 120 cm³/mol. The first-order chi connectivity index (χ1) is 13.3. The maximum atomic E-state index is 12.5. The Morgan fingerprint density at radius 3 is 2.57 bits per heavy atom. The summed E-state index contributed by atoms with van der Waals surface area (Å²) in [5, 5.41) is 0. The van der Waals surface area contributed by atoms with Crippen LogP contribution in [0.4, 0.5) is 0 Å². The summed E-state index contributed by atoms with van der Waals surface area (Å²) in [6.45, 7) is 10.8. The number of benzene rings is 1. The number of nitrogens with zero attached hydrogens (tertiary/aromatic N) is 2. The Labute approximate surface area is 176 Å². The lowest BCUT2D eigenvalue weighted by molar-refractivity contribution is -0.883. The molecule has 158 valence electrons. The number of ether oxygens (including phenoxy) is 1. The van der Waals surface area contributed by atoms with Gasteiger partial charge in [-0.15, -0.1) is 0 Å². The number of rotatable bonds is 10. The fraction of sp³-hybridized carbons (Fsp3) is 0.696. The van der Waals surface area contributed by atoms with Crippen molar-refractivity contribution in [2.75, 3.05) is 58.4 Å². The molecule has 1 aliphatic heterocycles. The third-order valence-corrected chi connectivity index (χ3v) is 6.41. The second-order valence-corrected chi connectivity index (χ2v) is 10.1. The molecule has 0 atom stereocenters. The average Bonchev–Trinajstić information content (AvgIpc) is 2.66. The van der Waals surface area contributed by atoms with Gasteiger partial charge in [0.15, 0.2) is 6.54 Å². The van der Waals surface area contributed by atoms with Gasteiger partial charge in [0.25, 0.3) is 5.91 Å². The maximum absolute atomic E-state index is 12.5. The van der Waals surface area contributed by atoms with Crippen LogP contribution < -0.4 is 4.74 Å². The predicted octanol–water partition coefficient (Wildman–Crippen LogP) is 4.32. The summed E-state index contributed by atoms with van der Waals surface area (Å²) in [7, 11) is 4.35. The topological polar surface area (TPSA) is 29.5 Å². The number of hydrogen-bond acceptors (Lipinski definition) is 3. The first kappa shape index (κ1) is 23.1. The van der Waals surface area contributed by atoms with E-state index in [1.54, 1.807) is 0 Å². The lowest BCUT2D eigenvalue weighted by Gasteiger charge is -2.33. The summed E-state index contributed by atoms with van der Waals surface area (Å²) in [6, 6.07) is 6.53. The normalized spacial score (nSPS) is 15.1. The zero-order valence-corrected chi connectivity index (χ0v) is 19.3. The van der Waals surface area contributed by atoms with Gasteiger partial charge < -0.3 is 14.1 Å². The van der Waals surface area contributed by atoms with Crippen LogP contribution in [-0.2, 0) is 4.79 Å². The van der Waals surface area contributed by atoms with Crippen molar-refractivity contribution in [3.8, 4) is 5.75 Å². The molecule has 1 aliphatic rings. The highest BCUT2D eigenvalue weighted by Gasteiger charge is 2.25. The van der Waals surface area contributed by atoms with E-state index in [1.807, 2.05) is 16.7 Å². The Hall–Kier alpha value is -1.20. The highest BCUT2D eigenvalue weighted by Crippen LogP contribution is 2.24. The minimum absolute atomic E-state index is 0.314. The van der Waals surface area contributed by atoms with Crippen LogP contribution in [0.5, 0.6) is 5.75 Å². The zero-order valence-electron chi connectivity index (χ0n) is 18.5. The number of thioether (sulfide) groups is 1. The average molecular weight is 408 g/mol. The summed E-state index contributed by atoms with van der Waals surface area (Å²) in [5.41, 5.74) is 2.54. The minimum atomic E-state index is 0.314. The van der Waals surface area contributed by atoms with Crippen LogP contribution >= 0.6 is 11.8 Å². The number of carbonyl (C=O) groups excluding carboxylic acids is 1. The summed E-state index contributed by atoms with van der Waals surface area (Å²) in [4.78, 5) is 14.5. The van der Waals surface area contributed by atoms with Gasteiger partial charge in [0, 0.05) is 24.6 Å². The van der Waals surface area contributed by atoms with E-state index in [2.05, 4.69) is 53.1 Å². The second-order valence-electron chi connectivity index (χ2n) is 8.90. The molecule has 0 N–H and O–H groups in total. The van der Waals surface area contributed by atoms with Crippen LogP contribution in [-0.4, -0.2) is 73.7 Å². The van der Waals surface area contributed by atoms with Crippen molar-refractivity contribution < 1.29 is 14.0 Å². The van der Waals surface area contributed by atoms with Crippen LogP contribution in [0.15, 0.2) is 18.2 Å². The maximum Gasteiger partial charge on any atom is 0.277 e. The van der Waals surface area contributed by atoms with E-state index in [9.17, 15) is 4.79 Å². The first-order valence-corrected chi connectivity index (χ1v) is 11.8. The molecule has 1 saturated heterocycles. The van der Waals surface area contributed by atoms with E-state index >= 15 is 0 Å². The van der Waals surface area contributed by atoms with E-state index in [0.29, 0.717) is 18.4 Å². The van der Waals surface area contributed by atoms with E-state index in [-0.39, 0.29) is 0 Å². The summed E-state index contributed by atoms with van der Waals surface area (Å²) < 4.78 is 6.81. The highest BCUT2D eigenvalue weighted by atomic mass is 32.2. The largest absolute Gasteiger partial charge is 0.493 e. The molecular formula is C23H39N2O2S+. The van der Waals surface area contributed by atoms with Crippen molar-refractivity contribution in [1.29, 1.82) is 0 Å². The molecule has 0 aliphatic carbocycles. The van der Waals surface area contributed by atoms with Crippen molar-refractivity contribution in [1.82, 2.24) is 4.90 Å². The molecule has 0 spiro atoms. The molecule has 0 radical (unpaired) electrons. The molecule has 4 nitrogen and oxygen atoms in total. The molecule has 0 bridgehead atoms. The Morgan fingerprint density at radius 2 is 1.89 bits per heavy atom. The molecule has 1 heterocycles. The first-order valence-electron chi connectivity index (χ1n) is 10.7. The quantitative estimate of drug-likeness (QED) is 0.427. The molecule has 0 saturated carbocycles. The number of aryl methyl sites for hydroxylation is 1. The van der Waals surface area contributed by atoms with Crippen LogP contribution in [0.25, 0.3) is 0 Å². The van der Waals surface area contributed by atoms with E-state index in [4.69, 9.17) is 4.74 Å². The molecule has 1 amide bonds. The zero-order chi connectivity index (χ0) is 20.6. The molecule has 5 heteroatoms. The number of amides is 1. The van der Waals surface area contributed by atoms with E-state index in [0.717, 1.165) is 67.2 Å². The molecule has 28 heavy (non-hydrogen) atoms. The summed E-state index contributed by atoms with van der Waals surface area (Å²) in [6.07, 6.45) is 3.33. The monoisotopic (exact) mass is 407 g/mol. The van der Waals surface area contributed by atoms with Gasteiger partial charge in [-0.1, -0.05) is 26.0 Å². The van der Waals surface area contributed by atoms with Gasteiger partial charge in [0.1, 0.15) is 5.75 Å². The number of unbranched alkanes of at least 4 members (excludes halogenated alkanes) is 2. The fourth-order valence-electron chi connectivity index (χ4n) is 3.49. The van der Waals surface area contributed by atoms with Crippen molar-refractivity contribution in [2.24, 2.45) is 0 Å². The van der Waals surface area contributed by atoms with Gasteiger partial charge in [-0.2, -0.15) is 11.8 Å². The molecule has 0 unspecified atom stereocenters. The number of carbonyl (C=O) groups is 1. The summed E-state index contributed by atoms with van der Waals surface area (Å²) in [5.74, 6) is 4.02. The van der Waals surface area contributed by atoms with E-state index in [1.165, 1.54) is 11.1 Å². The molecule has 0 aromatic heterocycles. The SMILES string of the molecule is Cc1ccc(C(C)C)cc1OCCCCC[N+](C)(C)CC(=O)N1CCSCC1. The Morgan fingerprint density at radius 1 is 1.18 bits per heavy atom. The highest BCUT2D eigenvalue weighted by molar-refractivity contribution is 7.99. The Kier molecular flexibility index (Phi) is 9.16. The molecule has 1 aromatic carbocycles. The van der Waals surface area contributed by atoms with Crippen molar-refractivity contribution in [3.05, 3.63) is 29.3 Å². The summed E-state index contributed by atoms with van der Waals surface area (Å²) >= 11 is 1.95. The van der Waals surface area contributed by atoms with Crippen LogP contribution in [0.1, 0.15) is 50.2 Å².